The Labute approximate surface area is 192 Å². The highest BCUT2D eigenvalue weighted by molar-refractivity contribution is 6.18. The first kappa shape index (κ1) is 21.5. The van der Waals surface area contributed by atoms with Crippen LogP contribution in [0.1, 0.15) is 25.7 Å². The van der Waals surface area contributed by atoms with Crippen LogP contribution in [-0.4, -0.2) is 54.6 Å². The summed E-state index contributed by atoms with van der Waals surface area (Å²) in [4.78, 5) is 42.8. The summed E-state index contributed by atoms with van der Waals surface area (Å²) in [6, 6.07) is 15.0. The number of carbonyl (C=O) groups is 3. The van der Waals surface area contributed by atoms with E-state index in [1.54, 1.807) is 42.5 Å². The first-order chi connectivity index (χ1) is 16.1. The summed E-state index contributed by atoms with van der Waals surface area (Å²) in [5.74, 6) is -0.125. The normalized spacial score (nSPS) is 26.6. The minimum absolute atomic E-state index is 0.0497. The third-order valence-corrected chi connectivity index (χ3v) is 6.79. The molecule has 4 unspecified atom stereocenters. The fraction of sp³-hybridized carbons (Fsp3) is 0.400. The summed E-state index contributed by atoms with van der Waals surface area (Å²) in [5.41, 5.74) is 1.000. The SMILES string of the molecule is COc1ccccc1NC(=O)CN1C(=O)N(c2ccccc2)C(=O)C2OC3CCCCC3C21. The van der Waals surface area contributed by atoms with Crippen molar-refractivity contribution >= 4 is 29.2 Å². The predicted molar refractivity (Wildman–Crippen MR) is 122 cm³/mol. The van der Waals surface area contributed by atoms with Crippen molar-refractivity contribution in [2.45, 2.75) is 43.9 Å². The van der Waals surface area contributed by atoms with E-state index in [4.69, 9.17) is 9.47 Å². The fourth-order valence-corrected chi connectivity index (χ4v) is 5.33. The van der Waals surface area contributed by atoms with Crippen LogP contribution in [0.5, 0.6) is 5.75 Å². The molecule has 1 N–H and O–H groups in total. The van der Waals surface area contributed by atoms with Crippen LogP contribution in [0.25, 0.3) is 0 Å². The standard InChI is InChI=1S/C25H27N3O5/c1-32-20-14-8-6-12-18(20)26-21(29)15-27-22-17-11-5-7-13-19(17)33-23(22)24(30)28(25(27)31)16-9-3-2-4-10-16/h2-4,6,8-10,12,14,17,19,22-23H,5,7,11,13,15H2,1H3,(H,26,29). The number of imide groups is 1. The minimum atomic E-state index is -0.768. The van der Waals surface area contributed by atoms with Crippen LogP contribution >= 0.6 is 0 Å². The second-order valence-corrected chi connectivity index (χ2v) is 8.70. The summed E-state index contributed by atoms with van der Waals surface area (Å²) < 4.78 is 11.5. The number of nitrogens with zero attached hydrogens (tertiary/aromatic N) is 2. The first-order valence-electron chi connectivity index (χ1n) is 11.4. The molecule has 4 amide bonds. The molecule has 3 fully saturated rings. The molecule has 2 aromatic carbocycles. The lowest BCUT2D eigenvalue weighted by Crippen LogP contribution is -2.65. The number of rotatable bonds is 5. The van der Waals surface area contributed by atoms with Gasteiger partial charge in [-0.3, -0.25) is 9.59 Å². The molecule has 5 rings (SSSR count). The van der Waals surface area contributed by atoms with Crippen LogP contribution in [0.15, 0.2) is 54.6 Å². The molecule has 1 aliphatic carbocycles. The van der Waals surface area contributed by atoms with Gasteiger partial charge in [0.2, 0.25) is 5.91 Å². The quantitative estimate of drug-likeness (QED) is 0.756. The molecular weight excluding hydrogens is 422 g/mol. The van der Waals surface area contributed by atoms with Gasteiger partial charge in [-0.1, -0.05) is 43.2 Å². The van der Waals surface area contributed by atoms with Gasteiger partial charge in [0.15, 0.2) is 6.10 Å². The molecule has 33 heavy (non-hydrogen) atoms. The van der Waals surface area contributed by atoms with Crippen LogP contribution < -0.4 is 15.0 Å². The van der Waals surface area contributed by atoms with Crippen LogP contribution in [0.2, 0.25) is 0 Å². The lowest BCUT2D eigenvalue weighted by atomic mass is 9.81. The topological polar surface area (TPSA) is 88.2 Å². The molecule has 8 nitrogen and oxygen atoms in total. The molecule has 2 heterocycles. The van der Waals surface area contributed by atoms with Gasteiger partial charge < -0.3 is 19.7 Å². The summed E-state index contributed by atoms with van der Waals surface area (Å²) >= 11 is 0. The number of hydrogen-bond donors (Lipinski definition) is 1. The highest BCUT2D eigenvalue weighted by atomic mass is 16.5. The molecule has 0 aromatic heterocycles. The number of hydrogen-bond acceptors (Lipinski definition) is 5. The monoisotopic (exact) mass is 449 g/mol. The number of amides is 4. The van der Waals surface area contributed by atoms with Crippen molar-refractivity contribution < 1.29 is 23.9 Å². The maximum absolute atomic E-state index is 13.6. The number of benzene rings is 2. The lowest BCUT2D eigenvalue weighted by molar-refractivity contribution is -0.133. The highest BCUT2D eigenvalue weighted by Gasteiger charge is 2.58. The number of nitrogens with one attached hydrogen (secondary N) is 1. The Morgan fingerprint density at radius 3 is 2.58 bits per heavy atom. The largest absolute Gasteiger partial charge is 0.495 e. The molecule has 2 saturated heterocycles. The van der Waals surface area contributed by atoms with E-state index in [2.05, 4.69) is 5.32 Å². The van der Waals surface area contributed by atoms with Crippen LogP contribution in [-0.2, 0) is 14.3 Å². The van der Waals surface area contributed by atoms with Crippen molar-refractivity contribution in [1.29, 1.82) is 0 Å². The van der Waals surface area contributed by atoms with E-state index < -0.39 is 18.2 Å². The number of para-hydroxylation sites is 3. The molecule has 4 atom stereocenters. The van der Waals surface area contributed by atoms with Gasteiger partial charge in [0, 0.05) is 5.92 Å². The number of methoxy groups -OCH3 is 1. The van der Waals surface area contributed by atoms with Gasteiger partial charge in [-0.25, -0.2) is 9.69 Å². The zero-order valence-corrected chi connectivity index (χ0v) is 18.5. The van der Waals surface area contributed by atoms with Gasteiger partial charge in [-0.15, -0.1) is 0 Å². The van der Waals surface area contributed by atoms with Crippen molar-refractivity contribution in [3.05, 3.63) is 54.6 Å². The Bertz CT molecular complexity index is 1060. The lowest BCUT2D eigenvalue weighted by Gasteiger charge is -2.42. The van der Waals surface area contributed by atoms with E-state index in [1.807, 2.05) is 12.1 Å². The third-order valence-electron chi connectivity index (χ3n) is 6.79. The summed E-state index contributed by atoms with van der Waals surface area (Å²) in [6.45, 7) is -0.179. The van der Waals surface area contributed by atoms with Crippen molar-refractivity contribution in [3.8, 4) is 5.75 Å². The molecule has 8 heteroatoms. The molecule has 2 aromatic rings. The summed E-state index contributed by atoms with van der Waals surface area (Å²) in [5, 5.41) is 2.84. The summed E-state index contributed by atoms with van der Waals surface area (Å²) in [6.07, 6.45) is 2.98. The van der Waals surface area contributed by atoms with Crippen LogP contribution in [0.4, 0.5) is 16.2 Å². The second-order valence-electron chi connectivity index (χ2n) is 8.70. The smallest absolute Gasteiger partial charge is 0.332 e. The van der Waals surface area contributed by atoms with E-state index in [1.165, 1.54) is 12.0 Å². The summed E-state index contributed by atoms with van der Waals surface area (Å²) in [7, 11) is 1.53. The maximum atomic E-state index is 13.6. The van der Waals surface area contributed by atoms with E-state index >= 15 is 0 Å². The average molecular weight is 450 g/mol. The Balaban J connectivity index is 1.45. The van der Waals surface area contributed by atoms with Gasteiger partial charge in [0.25, 0.3) is 5.91 Å². The minimum Gasteiger partial charge on any atom is -0.495 e. The van der Waals surface area contributed by atoms with Gasteiger partial charge in [0.1, 0.15) is 12.3 Å². The van der Waals surface area contributed by atoms with Crippen molar-refractivity contribution in [2.75, 3.05) is 23.9 Å². The number of anilines is 2. The van der Waals surface area contributed by atoms with E-state index in [9.17, 15) is 14.4 Å². The van der Waals surface area contributed by atoms with Crippen LogP contribution in [0, 0.1) is 5.92 Å². The van der Waals surface area contributed by atoms with Crippen LogP contribution in [0.3, 0.4) is 0 Å². The molecule has 0 spiro atoms. The number of urea groups is 1. The Morgan fingerprint density at radius 2 is 1.79 bits per heavy atom. The molecule has 0 bridgehead atoms. The fourth-order valence-electron chi connectivity index (χ4n) is 5.33. The zero-order chi connectivity index (χ0) is 22.9. The number of ether oxygens (including phenoxy) is 2. The molecule has 3 aliphatic rings. The zero-order valence-electron chi connectivity index (χ0n) is 18.5. The third kappa shape index (κ3) is 3.84. The Hall–Kier alpha value is -3.39. The number of carbonyl (C=O) groups excluding carboxylic acids is 3. The molecule has 2 aliphatic heterocycles. The average Bonchev–Trinajstić information content (AvgIpc) is 3.23. The Kier molecular flexibility index (Phi) is 5.76. The van der Waals surface area contributed by atoms with Crippen molar-refractivity contribution in [2.24, 2.45) is 5.92 Å². The van der Waals surface area contributed by atoms with Gasteiger partial charge in [-0.05, 0) is 37.1 Å². The predicted octanol–water partition coefficient (Wildman–Crippen LogP) is 3.43. The van der Waals surface area contributed by atoms with E-state index in [-0.39, 0.29) is 30.4 Å². The van der Waals surface area contributed by atoms with Gasteiger partial charge >= 0.3 is 6.03 Å². The maximum Gasteiger partial charge on any atom is 0.332 e. The highest BCUT2D eigenvalue weighted by Crippen LogP contribution is 2.43. The molecule has 0 radical (unpaired) electrons. The van der Waals surface area contributed by atoms with Crippen molar-refractivity contribution in [1.82, 2.24) is 4.90 Å². The molecule has 172 valence electrons. The Morgan fingerprint density at radius 1 is 1.06 bits per heavy atom. The second kappa shape index (κ2) is 8.86. The molecule has 1 saturated carbocycles. The van der Waals surface area contributed by atoms with Gasteiger partial charge in [-0.2, -0.15) is 0 Å². The molecular formula is C25H27N3O5. The van der Waals surface area contributed by atoms with Crippen molar-refractivity contribution in [3.63, 3.8) is 0 Å². The number of fused-ring (bicyclic) bond motifs is 3. The van der Waals surface area contributed by atoms with E-state index in [0.29, 0.717) is 17.1 Å². The van der Waals surface area contributed by atoms with Gasteiger partial charge in [0.05, 0.1) is 30.6 Å². The first-order valence-corrected chi connectivity index (χ1v) is 11.4. The van der Waals surface area contributed by atoms with E-state index in [0.717, 1.165) is 30.6 Å².